The molecule has 0 radical (unpaired) electrons. The Labute approximate surface area is 198 Å². The lowest BCUT2D eigenvalue weighted by atomic mass is 9.95. The third-order valence-electron chi connectivity index (χ3n) is 5.54. The molecule has 1 fully saturated rings. The summed E-state index contributed by atoms with van der Waals surface area (Å²) in [7, 11) is 0. The second kappa shape index (κ2) is 8.72. The van der Waals surface area contributed by atoms with Crippen LogP contribution in [0.25, 0.3) is 16.0 Å². The lowest BCUT2D eigenvalue weighted by Gasteiger charge is -2.22. The monoisotopic (exact) mass is 474 g/mol. The lowest BCUT2D eigenvalue weighted by Crippen LogP contribution is -2.29. The van der Waals surface area contributed by atoms with Crippen molar-refractivity contribution in [2.75, 3.05) is 11.5 Å². The van der Waals surface area contributed by atoms with Crippen molar-refractivity contribution in [1.29, 1.82) is 0 Å². The van der Waals surface area contributed by atoms with Gasteiger partial charge >= 0.3 is 5.91 Å². The number of aromatic nitrogens is 1. The van der Waals surface area contributed by atoms with Gasteiger partial charge in [0, 0.05) is 5.56 Å². The van der Waals surface area contributed by atoms with E-state index in [0.717, 1.165) is 4.70 Å². The van der Waals surface area contributed by atoms with E-state index >= 15 is 0 Å². The van der Waals surface area contributed by atoms with Crippen LogP contribution in [0.15, 0.2) is 78.4 Å². The first-order valence-corrected chi connectivity index (χ1v) is 11.4. The first-order chi connectivity index (χ1) is 16.5. The van der Waals surface area contributed by atoms with Crippen LogP contribution in [-0.4, -0.2) is 28.4 Å². The Morgan fingerprint density at radius 3 is 2.53 bits per heavy atom. The molecule has 6 nitrogen and oxygen atoms in total. The first kappa shape index (κ1) is 21.8. The summed E-state index contributed by atoms with van der Waals surface area (Å²) in [5.41, 5.74) is 1.47. The number of amides is 1. The molecular formula is C26H19FN2O4S. The number of Topliss-reactive ketones (excluding diaryl/α,β-unsaturated/α-hetero) is 1. The Morgan fingerprint density at radius 2 is 1.82 bits per heavy atom. The smallest absolute Gasteiger partial charge is 0.301 e. The fourth-order valence-electron chi connectivity index (χ4n) is 4.00. The van der Waals surface area contributed by atoms with Crippen LogP contribution < -0.4 is 9.64 Å². The van der Waals surface area contributed by atoms with Crippen LogP contribution in [0.1, 0.15) is 24.1 Å². The van der Waals surface area contributed by atoms with Gasteiger partial charge in [0.25, 0.3) is 5.78 Å². The van der Waals surface area contributed by atoms with E-state index in [2.05, 4.69) is 4.98 Å². The molecule has 1 aromatic heterocycles. The van der Waals surface area contributed by atoms with E-state index in [9.17, 15) is 19.1 Å². The zero-order valence-electron chi connectivity index (χ0n) is 18.1. The van der Waals surface area contributed by atoms with E-state index < -0.39 is 23.5 Å². The molecule has 3 aromatic carbocycles. The molecule has 0 spiro atoms. The molecule has 8 heteroatoms. The van der Waals surface area contributed by atoms with Crippen LogP contribution in [0.4, 0.5) is 9.52 Å². The van der Waals surface area contributed by atoms with E-state index in [0.29, 0.717) is 28.6 Å². The molecule has 1 atom stereocenters. The van der Waals surface area contributed by atoms with Crippen molar-refractivity contribution in [3.8, 4) is 5.75 Å². The quantitative estimate of drug-likeness (QED) is 0.236. The Balaban J connectivity index is 1.68. The second-order valence-electron chi connectivity index (χ2n) is 7.65. The number of hydrogen-bond acceptors (Lipinski definition) is 6. The molecule has 170 valence electrons. The SMILES string of the molecule is CCOc1ccc2nc(N3C(=O)C(=O)C(=C(O)c4ccc(F)cc4)[C@@H]3c3ccccc3)sc2c1. The van der Waals surface area contributed by atoms with Crippen LogP contribution in [0.3, 0.4) is 0 Å². The van der Waals surface area contributed by atoms with Crippen molar-refractivity contribution in [3.05, 3.63) is 95.3 Å². The zero-order valence-corrected chi connectivity index (χ0v) is 18.9. The van der Waals surface area contributed by atoms with Gasteiger partial charge in [-0.2, -0.15) is 0 Å². The average molecular weight is 475 g/mol. The van der Waals surface area contributed by atoms with Crippen LogP contribution >= 0.6 is 11.3 Å². The number of nitrogens with zero attached hydrogens (tertiary/aromatic N) is 2. The van der Waals surface area contributed by atoms with E-state index in [-0.39, 0.29) is 16.9 Å². The molecule has 1 aliphatic heterocycles. The Kier molecular flexibility index (Phi) is 5.59. The topological polar surface area (TPSA) is 79.7 Å². The molecule has 1 N–H and O–H groups in total. The van der Waals surface area contributed by atoms with Crippen molar-refractivity contribution >= 4 is 44.1 Å². The first-order valence-electron chi connectivity index (χ1n) is 10.6. The van der Waals surface area contributed by atoms with E-state index in [4.69, 9.17) is 4.74 Å². The number of carbonyl (C=O) groups excluding carboxylic acids is 2. The van der Waals surface area contributed by atoms with Crippen LogP contribution in [-0.2, 0) is 9.59 Å². The zero-order chi connectivity index (χ0) is 23.8. The number of hydrogen-bond donors (Lipinski definition) is 1. The Bertz CT molecular complexity index is 1430. The Morgan fingerprint density at radius 1 is 1.09 bits per heavy atom. The van der Waals surface area contributed by atoms with Gasteiger partial charge in [0.1, 0.15) is 17.3 Å². The Hall–Kier alpha value is -4.04. The molecule has 5 rings (SSSR count). The van der Waals surface area contributed by atoms with Gasteiger partial charge in [-0.3, -0.25) is 14.5 Å². The van der Waals surface area contributed by atoms with Gasteiger partial charge in [-0.05, 0) is 55.0 Å². The number of ether oxygens (including phenoxy) is 1. The summed E-state index contributed by atoms with van der Waals surface area (Å²) in [5.74, 6) is -1.78. The van der Waals surface area contributed by atoms with E-state index in [1.807, 2.05) is 19.1 Å². The predicted molar refractivity (Wildman–Crippen MR) is 128 cm³/mol. The fraction of sp³-hybridized carbons (Fsp3) is 0.115. The maximum Gasteiger partial charge on any atom is 0.301 e. The number of carbonyl (C=O) groups is 2. The molecule has 1 aliphatic rings. The van der Waals surface area contributed by atoms with Crippen LogP contribution in [0.5, 0.6) is 5.75 Å². The summed E-state index contributed by atoms with van der Waals surface area (Å²) in [5, 5.41) is 11.4. The van der Waals surface area contributed by atoms with Crippen molar-refractivity contribution in [2.45, 2.75) is 13.0 Å². The van der Waals surface area contributed by atoms with Gasteiger partial charge in [-0.1, -0.05) is 41.7 Å². The maximum atomic E-state index is 13.4. The number of fused-ring (bicyclic) bond motifs is 1. The number of aliphatic hydroxyl groups is 1. The highest BCUT2D eigenvalue weighted by atomic mass is 32.1. The van der Waals surface area contributed by atoms with Gasteiger partial charge in [-0.25, -0.2) is 9.37 Å². The molecular weight excluding hydrogens is 455 g/mol. The number of rotatable bonds is 5. The summed E-state index contributed by atoms with van der Waals surface area (Å²) in [6, 6.07) is 18.6. The number of aliphatic hydroxyl groups excluding tert-OH is 1. The van der Waals surface area contributed by atoms with Gasteiger partial charge in [0.2, 0.25) is 0 Å². The lowest BCUT2D eigenvalue weighted by molar-refractivity contribution is -0.132. The van der Waals surface area contributed by atoms with Gasteiger partial charge in [0.05, 0.1) is 28.4 Å². The fourth-order valence-corrected chi connectivity index (χ4v) is 5.02. The van der Waals surface area contributed by atoms with Gasteiger partial charge < -0.3 is 9.84 Å². The molecule has 0 bridgehead atoms. The number of anilines is 1. The number of ketones is 1. The maximum absolute atomic E-state index is 13.4. The highest BCUT2D eigenvalue weighted by Gasteiger charge is 2.48. The predicted octanol–water partition coefficient (Wildman–Crippen LogP) is 5.46. The van der Waals surface area contributed by atoms with E-state index in [1.54, 1.807) is 36.4 Å². The number of halogens is 1. The third kappa shape index (κ3) is 3.72. The molecule has 0 unspecified atom stereocenters. The molecule has 1 saturated heterocycles. The van der Waals surface area contributed by atoms with Crippen molar-refractivity contribution < 1.29 is 23.8 Å². The van der Waals surface area contributed by atoms with Crippen molar-refractivity contribution in [1.82, 2.24) is 4.98 Å². The summed E-state index contributed by atoms with van der Waals surface area (Å²) in [4.78, 5) is 32.3. The summed E-state index contributed by atoms with van der Waals surface area (Å²) in [6.07, 6.45) is 0. The van der Waals surface area contributed by atoms with Gasteiger partial charge in [0.15, 0.2) is 5.13 Å². The van der Waals surface area contributed by atoms with Gasteiger partial charge in [-0.15, -0.1) is 0 Å². The number of benzene rings is 3. The minimum absolute atomic E-state index is 0.0722. The molecule has 0 aliphatic carbocycles. The third-order valence-corrected chi connectivity index (χ3v) is 6.56. The molecule has 34 heavy (non-hydrogen) atoms. The minimum Gasteiger partial charge on any atom is -0.507 e. The molecule has 1 amide bonds. The van der Waals surface area contributed by atoms with Crippen LogP contribution in [0, 0.1) is 5.82 Å². The minimum atomic E-state index is -0.891. The molecule has 4 aromatic rings. The number of thiazole rings is 1. The summed E-state index contributed by atoms with van der Waals surface area (Å²) in [6.45, 7) is 2.41. The van der Waals surface area contributed by atoms with Crippen LogP contribution in [0.2, 0.25) is 0 Å². The summed E-state index contributed by atoms with van der Waals surface area (Å²) < 4.78 is 19.8. The largest absolute Gasteiger partial charge is 0.507 e. The van der Waals surface area contributed by atoms with Crippen molar-refractivity contribution in [3.63, 3.8) is 0 Å². The average Bonchev–Trinajstić information content (AvgIpc) is 3.38. The highest BCUT2D eigenvalue weighted by Crippen LogP contribution is 2.44. The van der Waals surface area contributed by atoms with E-state index in [1.165, 1.54) is 40.5 Å². The standard InChI is InChI=1S/C26H19FN2O4S/c1-2-33-18-12-13-19-20(14-18)34-26(28-19)29-22(15-6-4-3-5-7-15)21(24(31)25(29)32)23(30)16-8-10-17(27)11-9-16/h3-14,22,30H,2H2,1H3/t22-/m0/s1. The highest BCUT2D eigenvalue weighted by molar-refractivity contribution is 7.22. The molecule has 0 saturated carbocycles. The molecule has 2 heterocycles. The second-order valence-corrected chi connectivity index (χ2v) is 8.65. The van der Waals surface area contributed by atoms with Crippen molar-refractivity contribution in [2.24, 2.45) is 0 Å². The normalized spacial score (nSPS) is 17.5. The summed E-state index contributed by atoms with van der Waals surface area (Å²) >= 11 is 1.26.